The van der Waals surface area contributed by atoms with Crippen molar-refractivity contribution in [2.24, 2.45) is 5.41 Å². The molecule has 0 aromatic heterocycles. The molecule has 28 heavy (non-hydrogen) atoms. The van der Waals surface area contributed by atoms with Crippen LogP contribution in [0.5, 0.6) is 0 Å². The third kappa shape index (κ3) is 6.01. The summed E-state index contributed by atoms with van der Waals surface area (Å²) in [5, 5.41) is 2.94. The summed E-state index contributed by atoms with van der Waals surface area (Å²) in [5.41, 5.74) is 0.384. The Morgan fingerprint density at radius 1 is 1.18 bits per heavy atom. The van der Waals surface area contributed by atoms with Crippen molar-refractivity contribution in [3.63, 3.8) is 0 Å². The van der Waals surface area contributed by atoms with Gasteiger partial charge in [-0.25, -0.2) is 8.42 Å². The van der Waals surface area contributed by atoms with Crippen LogP contribution in [-0.4, -0.2) is 76.0 Å². The van der Waals surface area contributed by atoms with Gasteiger partial charge in [-0.1, -0.05) is 13.8 Å². The van der Waals surface area contributed by atoms with Gasteiger partial charge < -0.3 is 15.0 Å². The second kappa shape index (κ2) is 8.90. The minimum atomic E-state index is -3.60. The third-order valence-electron chi connectivity index (χ3n) is 4.61. The zero-order valence-electron chi connectivity index (χ0n) is 17.7. The molecule has 1 aliphatic rings. The van der Waals surface area contributed by atoms with E-state index in [-0.39, 0.29) is 28.4 Å². The van der Waals surface area contributed by atoms with Crippen molar-refractivity contribution in [1.82, 2.24) is 14.5 Å². The maximum absolute atomic E-state index is 12.9. The summed E-state index contributed by atoms with van der Waals surface area (Å²) in [6.07, 6.45) is -0.289. The van der Waals surface area contributed by atoms with Gasteiger partial charge in [0.05, 0.1) is 17.1 Å². The van der Waals surface area contributed by atoms with Crippen LogP contribution < -0.4 is 5.32 Å². The van der Waals surface area contributed by atoms with Gasteiger partial charge in [-0.3, -0.25) is 4.79 Å². The monoisotopic (exact) mass is 411 g/mol. The lowest BCUT2D eigenvalue weighted by Gasteiger charge is -2.34. The van der Waals surface area contributed by atoms with Crippen molar-refractivity contribution in [2.45, 2.75) is 44.8 Å². The van der Waals surface area contributed by atoms with E-state index in [2.05, 4.69) is 24.1 Å². The Labute approximate surface area is 169 Å². The molecule has 158 valence electrons. The molecule has 1 heterocycles. The molecular weight excluding hydrogens is 378 g/mol. The van der Waals surface area contributed by atoms with E-state index in [1.165, 1.54) is 16.4 Å². The first-order valence-corrected chi connectivity index (χ1v) is 11.0. The average molecular weight is 412 g/mol. The molecule has 1 amide bonds. The number of carbonyl (C=O) groups excluding carboxylic acids is 1. The molecule has 2 atom stereocenters. The Balaban J connectivity index is 2.05. The van der Waals surface area contributed by atoms with Crippen LogP contribution in [-0.2, 0) is 14.8 Å². The predicted molar refractivity (Wildman–Crippen MR) is 110 cm³/mol. The van der Waals surface area contributed by atoms with Gasteiger partial charge in [-0.05, 0) is 57.6 Å². The standard InChI is InChI=1S/C20H33N3O4S/c1-15-11-23(12-16(2)27-15)28(25,26)18-9-7-17(8-10-18)19(24)21-13-20(3,4)14-22(5)6/h7-10,15-16H,11-14H2,1-6H3,(H,21,24)/t15-,16-/m0/s1. The quantitative estimate of drug-likeness (QED) is 0.740. The lowest BCUT2D eigenvalue weighted by atomic mass is 9.93. The summed E-state index contributed by atoms with van der Waals surface area (Å²) in [6.45, 7) is 9.95. The van der Waals surface area contributed by atoms with E-state index in [0.717, 1.165) is 6.54 Å². The van der Waals surface area contributed by atoms with Crippen molar-refractivity contribution >= 4 is 15.9 Å². The second-order valence-electron chi connectivity index (χ2n) is 8.69. The Morgan fingerprint density at radius 2 is 1.71 bits per heavy atom. The Morgan fingerprint density at radius 3 is 2.21 bits per heavy atom. The van der Waals surface area contributed by atoms with E-state index in [9.17, 15) is 13.2 Å². The van der Waals surface area contributed by atoms with E-state index in [1.807, 2.05) is 27.9 Å². The fourth-order valence-corrected chi connectivity index (χ4v) is 5.18. The van der Waals surface area contributed by atoms with E-state index in [1.54, 1.807) is 12.1 Å². The summed E-state index contributed by atoms with van der Waals surface area (Å²) in [6, 6.07) is 6.13. The summed E-state index contributed by atoms with van der Waals surface area (Å²) in [5.74, 6) is -0.204. The molecule has 1 aromatic rings. The molecule has 1 aromatic carbocycles. The smallest absolute Gasteiger partial charge is 0.251 e. The van der Waals surface area contributed by atoms with E-state index >= 15 is 0 Å². The van der Waals surface area contributed by atoms with Crippen molar-refractivity contribution in [1.29, 1.82) is 0 Å². The molecule has 7 nitrogen and oxygen atoms in total. The molecule has 0 spiro atoms. The van der Waals surface area contributed by atoms with Crippen molar-refractivity contribution < 1.29 is 17.9 Å². The minimum Gasteiger partial charge on any atom is -0.373 e. The van der Waals surface area contributed by atoms with Crippen LogP contribution in [0.3, 0.4) is 0 Å². The number of nitrogens with one attached hydrogen (secondary N) is 1. The molecule has 2 rings (SSSR count). The molecule has 0 radical (unpaired) electrons. The van der Waals surface area contributed by atoms with Gasteiger partial charge in [0.1, 0.15) is 0 Å². The van der Waals surface area contributed by atoms with Gasteiger partial charge in [-0.2, -0.15) is 4.31 Å². The van der Waals surface area contributed by atoms with Gasteiger partial charge in [-0.15, -0.1) is 0 Å². The Hall–Kier alpha value is -1.48. The van der Waals surface area contributed by atoms with Gasteiger partial charge in [0.25, 0.3) is 5.91 Å². The van der Waals surface area contributed by atoms with Gasteiger partial charge >= 0.3 is 0 Å². The van der Waals surface area contributed by atoms with Crippen LogP contribution in [0.2, 0.25) is 0 Å². The highest BCUT2D eigenvalue weighted by Gasteiger charge is 2.32. The number of rotatable bonds is 7. The lowest BCUT2D eigenvalue weighted by Crippen LogP contribution is -2.48. The third-order valence-corrected chi connectivity index (χ3v) is 6.46. The van der Waals surface area contributed by atoms with E-state index < -0.39 is 10.0 Å². The van der Waals surface area contributed by atoms with E-state index in [0.29, 0.717) is 25.2 Å². The molecule has 0 saturated carbocycles. The summed E-state index contributed by atoms with van der Waals surface area (Å²) >= 11 is 0. The zero-order chi connectivity index (χ0) is 21.1. The lowest BCUT2D eigenvalue weighted by molar-refractivity contribution is -0.0440. The molecular formula is C20H33N3O4S. The normalized spacial score (nSPS) is 21.7. The number of ether oxygens (including phenoxy) is 1. The summed E-state index contributed by atoms with van der Waals surface area (Å²) in [7, 11) is 0.394. The fraction of sp³-hybridized carbons (Fsp3) is 0.650. The van der Waals surface area contributed by atoms with Crippen molar-refractivity contribution in [2.75, 3.05) is 40.3 Å². The van der Waals surface area contributed by atoms with Crippen LogP contribution in [0.25, 0.3) is 0 Å². The minimum absolute atomic E-state index is 0.0633. The highest BCUT2D eigenvalue weighted by molar-refractivity contribution is 7.89. The molecule has 0 unspecified atom stereocenters. The van der Waals surface area contributed by atoms with Crippen molar-refractivity contribution in [3.05, 3.63) is 29.8 Å². The number of nitrogens with zero attached hydrogens (tertiary/aromatic N) is 2. The topological polar surface area (TPSA) is 79.0 Å². The maximum Gasteiger partial charge on any atom is 0.251 e. The van der Waals surface area contributed by atoms with Crippen LogP contribution in [0.4, 0.5) is 0 Å². The molecule has 1 aliphatic heterocycles. The number of carbonyl (C=O) groups is 1. The summed E-state index contributed by atoms with van der Waals surface area (Å²) < 4.78 is 32.8. The van der Waals surface area contributed by atoms with Crippen LogP contribution in [0.15, 0.2) is 29.2 Å². The first-order chi connectivity index (χ1) is 12.9. The van der Waals surface area contributed by atoms with Crippen LogP contribution in [0.1, 0.15) is 38.1 Å². The average Bonchev–Trinajstić information content (AvgIpc) is 2.58. The van der Waals surface area contributed by atoms with E-state index in [4.69, 9.17) is 4.74 Å². The SMILES string of the molecule is C[C@H]1CN(S(=O)(=O)c2ccc(C(=O)NCC(C)(C)CN(C)C)cc2)C[C@H](C)O1. The van der Waals surface area contributed by atoms with Crippen molar-refractivity contribution in [3.8, 4) is 0 Å². The summed E-state index contributed by atoms with van der Waals surface area (Å²) in [4.78, 5) is 14.7. The Bertz CT molecular complexity index is 765. The zero-order valence-corrected chi connectivity index (χ0v) is 18.5. The number of morpholine rings is 1. The number of hydrogen-bond donors (Lipinski definition) is 1. The molecule has 0 aliphatic carbocycles. The number of hydrogen-bond acceptors (Lipinski definition) is 5. The first kappa shape index (κ1) is 22.8. The molecule has 1 fully saturated rings. The van der Waals surface area contributed by atoms with Crippen LogP contribution in [0, 0.1) is 5.41 Å². The highest BCUT2D eigenvalue weighted by atomic mass is 32.2. The first-order valence-electron chi connectivity index (χ1n) is 9.59. The number of amides is 1. The molecule has 8 heteroatoms. The Kier molecular flexibility index (Phi) is 7.25. The fourth-order valence-electron chi connectivity index (χ4n) is 3.59. The van der Waals surface area contributed by atoms with Gasteiger partial charge in [0.15, 0.2) is 0 Å². The molecule has 1 saturated heterocycles. The molecule has 1 N–H and O–H groups in total. The van der Waals surface area contributed by atoms with Gasteiger partial charge in [0, 0.05) is 31.7 Å². The maximum atomic E-state index is 12.9. The molecule has 0 bridgehead atoms. The number of sulfonamides is 1. The largest absolute Gasteiger partial charge is 0.373 e. The number of benzene rings is 1. The van der Waals surface area contributed by atoms with Gasteiger partial charge in [0.2, 0.25) is 10.0 Å². The predicted octanol–water partition coefficient (Wildman–Crippen LogP) is 1.80. The van der Waals surface area contributed by atoms with Crippen LogP contribution >= 0.6 is 0 Å². The second-order valence-corrected chi connectivity index (χ2v) is 10.6. The highest BCUT2D eigenvalue weighted by Crippen LogP contribution is 2.21.